The molecule has 1 amide bonds. The summed E-state index contributed by atoms with van der Waals surface area (Å²) in [6.45, 7) is 1.05. The molecular weight excluding hydrogens is 258 g/mol. The third-order valence-electron chi connectivity index (χ3n) is 3.03. The topological polar surface area (TPSA) is 92.1 Å². The Morgan fingerprint density at radius 2 is 2.39 bits per heavy atom. The fourth-order valence-corrected chi connectivity index (χ4v) is 2.22. The van der Waals surface area contributed by atoms with Crippen molar-refractivity contribution in [2.24, 2.45) is 16.8 Å². The zero-order valence-electron chi connectivity index (χ0n) is 9.67. The predicted molar refractivity (Wildman–Crippen MR) is 65.8 cm³/mol. The number of hydrogen-bond donors (Lipinski definition) is 2. The molecule has 1 aromatic rings. The van der Waals surface area contributed by atoms with E-state index in [0.717, 1.165) is 12.8 Å². The molecule has 1 aliphatic rings. The zero-order chi connectivity index (χ0) is 13.1. The van der Waals surface area contributed by atoms with Gasteiger partial charge in [0.2, 0.25) is 0 Å². The summed E-state index contributed by atoms with van der Waals surface area (Å²) in [7, 11) is 0. The van der Waals surface area contributed by atoms with Gasteiger partial charge in [-0.15, -0.1) is 0 Å². The van der Waals surface area contributed by atoms with E-state index in [9.17, 15) is 4.79 Å². The fourth-order valence-electron chi connectivity index (χ4n) is 2.07. The number of amides is 1. The van der Waals surface area contributed by atoms with E-state index in [2.05, 4.69) is 5.16 Å². The van der Waals surface area contributed by atoms with Gasteiger partial charge in [-0.05, 0) is 36.6 Å². The standard InChI is InChI=1S/C11H14ClN3O3/c12-9-4-3-8(18-9)11(16)15-5-1-2-7(6-15)10(13)14-17/h3-4,7,17H,1-2,5-6H2,(H2,13,14). The molecule has 1 unspecified atom stereocenters. The van der Waals surface area contributed by atoms with Crippen molar-refractivity contribution in [3.63, 3.8) is 0 Å². The predicted octanol–water partition coefficient (Wildman–Crippen LogP) is 1.53. The van der Waals surface area contributed by atoms with Gasteiger partial charge >= 0.3 is 0 Å². The normalized spacial score (nSPS) is 21.1. The molecule has 1 aromatic heterocycles. The quantitative estimate of drug-likeness (QED) is 0.369. The van der Waals surface area contributed by atoms with Crippen LogP contribution in [0.5, 0.6) is 0 Å². The Morgan fingerprint density at radius 3 is 3.00 bits per heavy atom. The minimum absolute atomic E-state index is 0.113. The van der Waals surface area contributed by atoms with E-state index < -0.39 is 0 Å². The summed E-state index contributed by atoms with van der Waals surface area (Å²) in [6.07, 6.45) is 1.61. The largest absolute Gasteiger partial charge is 0.440 e. The molecule has 1 saturated heterocycles. The SMILES string of the molecule is N/C(=N/O)C1CCCN(C(=O)c2ccc(Cl)o2)C1. The van der Waals surface area contributed by atoms with E-state index in [1.807, 2.05) is 0 Å². The number of amidine groups is 1. The van der Waals surface area contributed by atoms with Crippen LogP contribution in [0.1, 0.15) is 23.4 Å². The van der Waals surface area contributed by atoms with Crippen molar-refractivity contribution >= 4 is 23.3 Å². The number of likely N-dealkylation sites (tertiary alicyclic amines) is 1. The first-order valence-corrected chi connectivity index (χ1v) is 6.01. The highest BCUT2D eigenvalue weighted by atomic mass is 35.5. The molecule has 1 aliphatic heterocycles. The molecule has 2 heterocycles. The zero-order valence-corrected chi connectivity index (χ0v) is 10.4. The number of nitrogens with two attached hydrogens (primary N) is 1. The highest BCUT2D eigenvalue weighted by Crippen LogP contribution is 2.21. The van der Waals surface area contributed by atoms with E-state index in [1.54, 1.807) is 4.90 Å². The summed E-state index contributed by atoms with van der Waals surface area (Å²) in [5.74, 6) is 0.0283. The lowest BCUT2D eigenvalue weighted by molar-refractivity contribution is 0.0669. The fraction of sp³-hybridized carbons (Fsp3) is 0.455. The van der Waals surface area contributed by atoms with Gasteiger partial charge in [0.1, 0.15) is 5.84 Å². The first kappa shape index (κ1) is 12.8. The summed E-state index contributed by atoms with van der Waals surface area (Å²) in [5.41, 5.74) is 5.57. The van der Waals surface area contributed by atoms with Crippen LogP contribution in [0, 0.1) is 5.92 Å². The highest BCUT2D eigenvalue weighted by molar-refractivity contribution is 6.29. The number of halogens is 1. The lowest BCUT2D eigenvalue weighted by Gasteiger charge is -2.31. The maximum absolute atomic E-state index is 12.1. The van der Waals surface area contributed by atoms with Crippen LogP contribution in [0.3, 0.4) is 0 Å². The highest BCUT2D eigenvalue weighted by Gasteiger charge is 2.28. The van der Waals surface area contributed by atoms with E-state index in [4.69, 9.17) is 27.0 Å². The molecule has 0 radical (unpaired) electrons. The van der Waals surface area contributed by atoms with Crippen LogP contribution in [-0.2, 0) is 0 Å². The van der Waals surface area contributed by atoms with Gasteiger partial charge < -0.3 is 20.3 Å². The third kappa shape index (κ3) is 2.59. The summed E-state index contributed by atoms with van der Waals surface area (Å²) >= 11 is 5.64. The second-order valence-corrected chi connectivity index (χ2v) is 4.59. The van der Waals surface area contributed by atoms with Gasteiger partial charge in [0.15, 0.2) is 11.0 Å². The molecule has 98 valence electrons. The minimum Gasteiger partial charge on any atom is -0.440 e. The van der Waals surface area contributed by atoms with Crippen LogP contribution in [-0.4, -0.2) is 34.9 Å². The number of carbonyl (C=O) groups excluding carboxylic acids is 1. The van der Waals surface area contributed by atoms with Crippen molar-refractivity contribution in [3.05, 3.63) is 23.1 Å². The maximum atomic E-state index is 12.1. The number of carbonyl (C=O) groups is 1. The number of hydrogen-bond acceptors (Lipinski definition) is 4. The van der Waals surface area contributed by atoms with E-state index in [0.29, 0.717) is 13.1 Å². The van der Waals surface area contributed by atoms with Crippen molar-refractivity contribution < 1.29 is 14.4 Å². The van der Waals surface area contributed by atoms with Crippen LogP contribution in [0.4, 0.5) is 0 Å². The number of piperidine rings is 1. The van der Waals surface area contributed by atoms with Gasteiger partial charge in [-0.1, -0.05) is 5.16 Å². The second kappa shape index (κ2) is 5.30. The van der Waals surface area contributed by atoms with Crippen LogP contribution in [0.25, 0.3) is 0 Å². The van der Waals surface area contributed by atoms with Crippen LogP contribution >= 0.6 is 11.6 Å². The van der Waals surface area contributed by atoms with Crippen LogP contribution in [0.2, 0.25) is 5.22 Å². The molecule has 7 heteroatoms. The van der Waals surface area contributed by atoms with Gasteiger partial charge in [0.05, 0.1) is 0 Å². The number of nitrogens with zero attached hydrogens (tertiary/aromatic N) is 2. The third-order valence-corrected chi connectivity index (χ3v) is 3.23. The molecule has 0 aromatic carbocycles. The Bertz CT molecular complexity index is 472. The lowest BCUT2D eigenvalue weighted by Crippen LogP contribution is -2.44. The lowest BCUT2D eigenvalue weighted by atomic mass is 9.97. The van der Waals surface area contributed by atoms with Gasteiger partial charge in [0, 0.05) is 19.0 Å². The summed E-state index contributed by atoms with van der Waals surface area (Å²) < 4.78 is 5.08. The number of oxime groups is 1. The Hall–Kier alpha value is -1.69. The van der Waals surface area contributed by atoms with Crippen molar-refractivity contribution in [2.45, 2.75) is 12.8 Å². The van der Waals surface area contributed by atoms with E-state index >= 15 is 0 Å². The van der Waals surface area contributed by atoms with Crippen molar-refractivity contribution in [3.8, 4) is 0 Å². The van der Waals surface area contributed by atoms with Crippen LogP contribution in [0.15, 0.2) is 21.7 Å². The molecule has 3 N–H and O–H groups in total. The first-order valence-electron chi connectivity index (χ1n) is 5.64. The average molecular weight is 272 g/mol. The number of furan rings is 1. The Labute approximate surface area is 109 Å². The van der Waals surface area contributed by atoms with Crippen LogP contribution < -0.4 is 5.73 Å². The number of rotatable bonds is 2. The molecule has 2 rings (SSSR count). The molecule has 18 heavy (non-hydrogen) atoms. The molecule has 0 spiro atoms. The van der Waals surface area contributed by atoms with E-state index in [-0.39, 0.29) is 28.6 Å². The van der Waals surface area contributed by atoms with Gasteiger partial charge in [-0.25, -0.2) is 0 Å². The molecule has 0 saturated carbocycles. The molecule has 0 aliphatic carbocycles. The first-order chi connectivity index (χ1) is 8.61. The molecule has 6 nitrogen and oxygen atoms in total. The average Bonchev–Trinajstić information content (AvgIpc) is 2.83. The van der Waals surface area contributed by atoms with Gasteiger partial charge in [-0.3, -0.25) is 4.79 Å². The molecular formula is C11H14ClN3O3. The molecule has 1 fully saturated rings. The van der Waals surface area contributed by atoms with E-state index in [1.165, 1.54) is 12.1 Å². The second-order valence-electron chi connectivity index (χ2n) is 4.22. The monoisotopic (exact) mass is 271 g/mol. The Balaban J connectivity index is 2.07. The Morgan fingerprint density at radius 1 is 1.61 bits per heavy atom. The Kier molecular flexibility index (Phi) is 3.76. The van der Waals surface area contributed by atoms with Gasteiger partial charge in [-0.2, -0.15) is 0 Å². The minimum atomic E-state index is -0.225. The van der Waals surface area contributed by atoms with Gasteiger partial charge in [0.25, 0.3) is 5.91 Å². The maximum Gasteiger partial charge on any atom is 0.289 e. The summed E-state index contributed by atoms with van der Waals surface area (Å²) in [5, 5.41) is 11.8. The van der Waals surface area contributed by atoms with Crippen molar-refractivity contribution in [1.82, 2.24) is 4.90 Å². The van der Waals surface area contributed by atoms with Crippen molar-refractivity contribution in [2.75, 3.05) is 13.1 Å². The smallest absolute Gasteiger partial charge is 0.289 e. The summed E-state index contributed by atoms with van der Waals surface area (Å²) in [4.78, 5) is 13.7. The molecule has 0 bridgehead atoms. The summed E-state index contributed by atoms with van der Waals surface area (Å²) in [6, 6.07) is 3.07. The van der Waals surface area contributed by atoms with Crippen molar-refractivity contribution in [1.29, 1.82) is 0 Å². The molecule has 1 atom stereocenters.